The molecule has 3 saturated heterocycles. The van der Waals surface area contributed by atoms with Crippen LogP contribution in [0, 0.1) is 11.8 Å². The van der Waals surface area contributed by atoms with Crippen LogP contribution in [0.15, 0.2) is 0 Å². The molecule has 3 aliphatic heterocycles. The monoisotopic (exact) mass is 293 g/mol. The molecule has 3 aliphatic rings. The summed E-state index contributed by atoms with van der Waals surface area (Å²) in [6, 6.07) is 0.821. The molecular formula is C17H31N3O. The molecule has 21 heavy (non-hydrogen) atoms. The number of carbonyl (C=O) groups is 1. The fourth-order valence-electron chi connectivity index (χ4n) is 4.93. The number of rotatable bonds is 2. The summed E-state index contributed by atoms with van der Waals surface area (Å²) >= 11 is 0. The van der Waals surface area contributed by atoms with Crippen LogP contribution in [-0.4, -0.2) is 59.5 Å². The van der Waals surface area contributed by atoms with E-state index < -0.39 is 0 Å². The summed E-state index contributed by atoms with van der Waals surface area (Å²) < 4.78 is 0. The van der Waals surface area contributed by atoms with Gasteiger partial charge in [-0.25, -0.2) is 0 Å². The van der Waals surface area contributed by atoms with E-state index in [1.165, 1.54) is 6.42 Å². The number of piperidine rings is 1. The molecule has 0 radical (unpaired) electrons. The largest absolute Gasteiger partial charge is 0.336 e. The Morgan fingerprint density at radius 3 is 2.48 bits per heavy atom. The third kappa shape index (κ3) is 2.61. The highest BCUT2D eigenvalue weighted by atomic mass is 16.2. The standard InChI is InChI=1S/C17H31N3O/c1-12-6-5-7-13(2)20(12)16(21)11-19-10-14-8-18-9-15(14)17(19,3)4/h12-15,18H,5-11H2,1-4H3. The van der Waals surface area contributed by atoms with Gasteiger partial charge in [0.15, 0.2) is 0 Å². The molecule has 4 atom stereocenters. The van der Waals surface area contributed by atoms with Gasteiger partial charge in [0.2, 0.25) is 5.91 Å². The Balaban J connectivity index is 1.67. The summed E-state index contributed by atoms with van der Waals surface area (Å²) in [6.07, 6.45) is 3.58. The van der Waals surface area contributed by atoms with Crippen molar-refractivity contribution in [2.45, 2.75) is 64.6 Å². The third-order valence-corrected chi connectivity index (χ3v) is 6.32. The van der Waals surface area contributed by atoms with Crippen LogP contribution in [-0.2, 0) is 4.79 Å². The van der Waals surface area contributed by atoms with Crippen molar-refractivity contribution in [2.75, 3.05) is 26.2 Å². The van der Waals surface area contributed by atoms with E-state index in [1.807, 2.05) is 0 Å². The molecule has 0 aromatic rings. The summed E-state index contributed by atoms with van der Waals surface area (Å²) in [5.41, 5.74) is 0.145. The number of hydrogen-bond donors (Lipinski definition) is 1. The Bertz CT molecular complexity index is 399. The number of likely N-dealkylation sites (tertiary alicyclic amines) is 2. The van der Waals surface area contributed by atoms with E-state index in [1.54, 1.807) is 0 Å². The molecule has 3 fully saturated rings. The Morgan fingerprint density at radius 2 is 1.86 bits per heavy atom. The van der Waals surface area contributed by atoms with Crippen LogP contribution in [0.3, 0.4) is 0 Å². The van der Waals surface area contributed by atoms with Crippen LogP contribution >= 0.6 is 0 Å². The highest BCUT2D eigenvalue weighted by Crippen LogP contribution is 2.40. The molecule has 120 valence electrons. The molecule has 3 rings (SSSR count). The van der Waals surface area contributed by atoms with E-state index in [9.17, 15) is 4.79 Å². The molecule has 4 heteroatoms. The predicted molar refractivity (Wildman–Crippen MR) is 85.1 cm³/mol. The van der Waals surface area contributed by atoms with Crippen LogP contribution in [0.2, 0.25) is 0 Å². The molecule has 3 heterocycles. The number of carbonyl (C=O) groups excluding carboxylic acids is 1. The highest BCUT2D eigenvalue weighted by Gasteiger charge is 2.50. The van der Waals surface area contributed by atoms with Gasteiger partial charge in [0, 0.05) is 30.7 Å². The molecule has 1 amide bonds. The van der Waals surface area contributed by atoms with Gasteiger partial charge in [-0.1, -0.05) is 0 Å². The summed E-state index contributed by atoms with van der Waals surface area (Å²) in [5, 5.41) is 3.51. The van der Waals surface area contributed by atoms with Gasteiger partial charge in [0.25, 0.3) is 0 Å². The lowest BCUT2D eigenvalue weighted by atomic mass is 9.85. The van der Waals surface area contributed by atoms with Crippen LogP contribution < -0.4 is 5.32 Å². The van der Waals surface area contributed by atoms with Gasteiger partial charge in [-0.3, -0.25) is 9.69 Å². The van der Waals surface area contributed by atoms with Gasteiger partial charge in [-0.05, 0) is 65.3 Å². The van der Waals surface area contributed by atoms with Crippen LogP contribution in [0.5, 0.6) is 0 Å². The topological polar surface area (TPSA) is 35.6 Å². The lowest BCUT2D eigenvalue weighted by molar-refractivity contribution is -0.139. The van der Waals surface area contributed by atoms with Gasteiger partial charge < -0.3 is 10.2 Å². The molecule has 0 aliphatic carbocycles. The zero-order valence-corrected chi connectivity index (χ0v) is 14.1. The normalized spacial score (nSPS) is 39.5. The smallest absolute Gasteiger partial charge is 0.237 e. The summed E-state index contributed by atoms with van der Waals surface area (Å²) in [6.45, 7) is 13.0. The number of amides is 1. The maximum Gasteiger partial charge on any atom is 0.237 e. The van der Waals surface area contributed by atoms with Gasteiger partial charge in [-0.2, -0.15) is 0 Å². The quantitative estimate of drug-likeness (QED) is 0.842. The second kappa shape index (κ2) is 5.54. The molecule has 0 bridgehead atoms. The van der Waals surface area contributed by atoms with Crippen molar-refractivity contribution in [3.8, 4) is 0 Å². The Morgan fingerprint density at radius 1 is 1.19 bits per heavy atom. The maximum atomic E-state index is 12.9. The minimum absolute atomic E-state index is 0.145. The van der Waals surface area contributed by atoms with Crippen LogP contribution in [0.25, 0.3) is 0 Å². The Hall–Kier alpha value is -0.610. The molecule has 4 unspecified atom stereocenters. The predicted octanol–water partition coefficient (Wildman–Crippen LogP) is 1.71. The lowest BCUT2D eigenvalue weighted by Crippen LogP contribution is -2.54. The number of hydrogen-bond acceptors (Lipinski definition) is 3. The molecule has 0 saturated carbocycles. The van der Waals surface area contributed by atoms with E-state index in [-0.39, 0.29) is 5.54 Å². The number of nitrogens with zero attached hydrogens (tertiary/aromatic N) is 2. The first kappa shape index (κ1) is 15.3. The fourth-order valence-corrected chi connectivity index (χ4v) is 4.93. The highest BCUT2D eigenvalue weighted by molar-refractivity contribution is 5.79. The van der Waals surface area contributed by atoms with Crippen molar-refractivity contribution in [2.24, 2.45) is 11.8 Å². The summed E-state index contributed by atoms with van der Waals surface area (Å²) in [7, 11) is 0. The van der Waals surface area contributed by atoms with E-state index >= 15 is 0 Å². The van der Waals surface area contributed by atoms with E-state index in [4.69, 9.17) is 0 Å². The van der Waals surface area contributed by atoms with Crippen LogP contribution in [0.4, 0.5) is 0 Å². The van der Waals surface area contributed by atoms with Crippen molar-refractivity contribution in [3.05, 3.63) is 0 Å². The van der Waals surface area contributed by atoms with Crippen molar-refractivity contribution in [1.29, 1.82) is 0 Å². The first-order valence-corrected chi connectivity index (χ1v) is 8.68. The lowest BCUT2D eigenvalue weighted by Gasteiger charge is -2.42. The Kier molecular flexibility index (Phi) is 4.04. The van der Waals surface area contributed by atoms with Crippen molar-refractivity contribution in [3.63, 3.8) is 0 Å². The van der Waals surface area contributed by atoms with Crippen molar-refractivity contribution < 1.29 is 4.79 Å². The zero-order chi connectivity index (χ0) is 15.2. The molecule has 1 N–H and O–H groups in total. The first-order chi connectivity index (χ1) is 9.91. The second-order valence-electron chi connectivity index (χ2n) is 7.99. The van der Waals surface area contributed by atoms with E-state index in [0.29, 0.717) is 30.5 Å². The minimum atomic E-state index is 0.145. The number of fused-ring (bicyclic) bond motifs is 1. The van der Waals surface area contributed by atoms with Gasteiger partial charge >= 0.3 is 0 Å². The zero-order valence-electron chi connectivity index (χ0n) is 14.1. The molecular weight excluding hydrogens is 262 g/mol. The molecule has 0 spiro atoms. The number of nitrogens with one attached hydrogen (secondary N) is 1. The second-order valence-corrected chi connectivity index (χ2v) is 7.99. The summed E-state index contributed by atoms with van der Waals surface area (Å²) in [4.78, 5) is 17.5. The third-order valence-electron chi connectivity index (χ3n) is 6.32. The first-order valence-electron chi connectivity index (χ1n) is 8.68. The molecule has 0 aromatic heterocycles. The van der Waals surface area contributed by atoms with Crippen molar-refractivity contribution >= 4 is 5.91 Å². The van der Waals surface area contributed by atoms with Crippen molar-refractivity contribution in [1.82, 2.24) is 15.1 Å². The summed E-state index contributed by atoms with van der Waals surface area (Å²) in [5.74, 6) is 1.77. The fraction of sp³-hybridized carbons (Fsp3) is 0.941. The van der Waals surface area contributed by atoms with Gasteiger partial charge in [0.05, 0.1) is 6.54 Å². The van der Waals surface area contributed by atoms with E-state index in [0.717, 1.165) is 38.4 Å². The van der Waals surface area contributed by atoms with Gasteiger partial charge in [-0.15, -0.1) is 0 Å². The maximum absolute atomic E-state index is 12.9. The Labute approximate surface area is 129 Å². The molecule has 0 aromatic carbocycles. The minimum Gasteiger partial charge on any atom is -0.336 e. The van der Waals surface area contributed by atoms with Crippen LogP contribution in [0.1, 0.15) is 47.0 Å². The SMILES string of the molecule is CC1CCCC(C)N1C(=O)CN1CC2CNCC2C1(C)C. The molecule has 4 nitrogen and oxygen atoms in total. The average Bonchev–Trinajstić information content (AvgIpc) is 2.94. The average molecular weight is 293 g/mol. The van der Waals surface area contributed by atoms with Gasteiger partial charge in [0.1, 0.15) is 0 Å². The van der Waals surface area contributed by atoms with E-state index in [2.05, 4.69) is 42.8 Å².